The van der Waals surface area contributed by atoms with Crippen LogP contribution in [0.5, 0.6) is 0 Å². The van der Waals surface area contributed by atoms with Crippen molar-refractivity contribution >= 4 is 17.7 Å². The van der Waals surface area contributed by atoms with Crippen LogP contribution in [0.15, 0.2) is 6.07 Å². The van der Waals surface area contributed by atoms with Crippen LogP contribution in [0.1, 0.15) is 80.3 Å². The Morgan fingerprint density at radius 3 is 2.62 bits per heavy atom. The first-order valence-corrected chi connectivity index (χ1v) is 10.7. The second kappa shape index (κ2) is 8.55. The largest absolute Gasteiger partial charge is 0.354 e. The lowest BCUT2D eigenvalue weighted by Crippen LogP contribution is -2.62. The second-order valence-electron chi connectivity index (χ2n) is 8.96. The van der Waals surface area contributed by atoms with Gasteiger partial charge in [0.2, 0.25) is 5.91 Å². The van der Waals surface area contributed by atoms with E-state index in [1.165, 1.54) is 22.1 Å². The van der Waals surface area contributed by atoms with Crippen LogP contribution in [-0.2, 0) is 11.3 Å². The Hall–Kier alpha value is -2.38. The summed E-state index contributed by atoms with van der Waals surface area (Å²) in [5, 5.41) is 10.3. The third-order valence-corrected chi connectivity index (χ3v) is 6.17. The monoisotopic (exact) mass is 403 g/mol. The van der Waals surface area contributed by atoms with Crippen molar-refractivity contribution in [3.8, 4) is 0 Å². The highest BCUT2D eigenvalue weighted by Gasteiger charge is 2.46. The molecule has 1 aromatic rings. The summed E-state index contributed by atoms with van der Waals surface area (Å²) in [6, 6.07) is 1.71. The van der Waals surface area contributed by atoms with E-state index in [-0.39, 0.29) is 36.0 Å². The van der Waals surface area contributed by atoms with E-state index in [0.717, 1.165) is 32.1 Å². The van der Waals surface area contributed by atoms with Gasteiger partial charge in [0.1, 0.15) is 11.2 Å². The Kier molecular flexibility index (Phi) is 6.29. The first-order chi connectivity index (χ1) is 13.7. The molecular formula is C21H33N5O3. The number of fused-ring (bicyclic) bond motifs is 1. The minimum Gasteiger partial charge on any atom is -0.354 e. The highest BCUT2D eigenvalue weighted by molar-refractivity contribution is 6.01. The summed E-state index contributed by atoms with van der Waals surface area (Å²) in [6.07, 6.45) is 6.29. The molecule has 3 amide bonds. The smallest absolute Gasteiger partial charge is 0.272 e. The van der Waals surface area contributed by atoms with Gasteiger partial charge in [-0.3, -0.25) is 19.1 Å². The van der Waals surface area contributed by atoms with Gasteiger partial charge in [0.05, 0.1) is 6.54 Å². The number of rotatable bonds is 6. The molecule has 3 rings (SSSR count). The van der Waals surface area contributed by atoms with Crippen molar-refractivity contribution in [2.45, 2.75) is 77.4 Å². The summed E-state index contributed by atoms with van der Waals surface area (Å²) >= 11 is 0. The molecule has 2 N–H and O–H groups in total. The fraction of sp³-hybridized carbons (Fsp3) is 0.714. The Balaban J connectivity index is 1.73. The van der Waals surface area contributed by atoms with Crippen molar-refractivity contribution in [1.29, 1.82) is 0 Å². The number of carbonyl (C=O) groups is 3. The van der Waals surface area contributed by atoms with E-state index >= 15 is 0 Å². The number of likely N-dealkylation sites (N-methyl/N-ethyl adjacent to an activating group) is 1. The fourth-order valence-electron chi connectivity index (χ4n) is 4.01. The zero-order chi connectivity index (χ0) is 21.2. The highest BCUT2D eigenvalue weighted by Crippen LogP contribution is 2.26. The van der Waals surface area contributed by atoms with E-state index in [2.05, 4.69) is 29.6 Å². The van der Waals surface area contributed by atoms with Crippen LogP contribution in [0.4, 0.5) is 0 Å². The maximum absolute atomic E-state index is 12.9. The summed E-state index contributed by atoms with van der Waals surface area (Å²) in [5.41, 5.74) is -0.477. The van der Waals surface area contributed by atoms with Crippen LogP contribution in [0, 0.1) is 5.92 Å². The summed E-state index contributed by atoms with van der Waals surface area (Å²) in [6.45, 7) is 6.71. The van der Waals surface area contributed by atoms with E-state index in [1.807, 2.05) is 0 Å². The standard InChI is InChI=1S/C21H33N5O3/c1-14(2)10-11-22-20(29)21(3)13-26-17(19(28)25(21)4)12-16(24-26)18(27)23-15-8-6-5-7-9-15/h12,14-15H,5-11,13H2,1-4H3,(H,22,29)(H,23,27)/t21-/m0/s1. The third kappa shape index (κ3) is 4.46. The second-order valence-corrected chi connectivity index (χ2v) is 8.96. The van der Waals surface area contributed by atoms with Crippen LogP contribution in [-0.4, -0.2) is 57.6 Å². The van der Waals surface area contributed by atoms with Gasteiger partial charge in [0.25, 0.3) is 11.8 Å². The molecule has 160 valence electrons. The van der Waals surface area contributed by atoms with Gasteiger partial charge in [-0.05, 0) is 32.1 Å². The van der Waals surface area contributed by atoms with E-state index < -0.39 is 5.54 Å². The van der Waals surface area contributed by atoms with Crippen LogP contribution in [0.25, 0.3) is 0 Å². The lowest BCUT2D eigenvalue weighted by atomic mass is 9.95. The van der Waals surface area contributed by atoms with Crippen LogP contribution < -0.4 is 10.6 Å². The number of aromatic nitrogens is 2. The SMILES string of the molecule is CC(C)CCNC(=O)[C@]1(C)Cn2nc(C(=O)NC3CCCCC3)cc2C(=O)N1C. The molecule has 1 saturated carbocycles. The number of nitrogens with one attached hydrogen (secondary N) is 2. The van der Waals surface area contributed by atoms with E-state index in [4.69, 9.17) is 0 Å². The van der Waals surface area contributed by atoms with E-state index in [1.54, 1.807) is 14.0 Å². The molecule has 0 spiro atoms. The lowest BCUT2D eigenvalue weighted by Gasteiger charge is -2.40. The van der Waals surface area contributed by atoms with Crippen LogP contribution in [0.2, 0.25) is 0 Å². The first kappa shape index (κ1) is 21.3. The van der Waals surface area contributed by atoms with Gasteiger partial charge in [-0.25, -0.2) is 0 Å². The maximum Gasteiger partial charge on any atom is 0.272 e. The molecule has 8 heteroatoms. The number of hydrogen-bond donors (Lipinski definition) is 2. The molecule has 8 nitrogen and oxygen atoms in total. The molecule has 2 heterocycles. The molecule has 0 saturated heterocycles. The van der Waals surface area contributed by atoms with Crippen molar-refractivity contribution in [2.75, 3.05) is 13.6 Å². The molecule has 1 fully saturated rings. The van der Waals surface area contributed by atoms with Gasteiger partial charge < -0.3 is 15.5 Å². The molecule has 0 bridgehead atoms. The number of hydrogen-bond acceptors (Lipinski definition) is 4. The quantitative estimate of drug-likeness (QED) is 0.759. The number of amides is 3. The molecular weight excluding hydrogens is 370 g/mol. The van der Waals surface area contributed by atoms with Crippen molar-refractivity contribution < 1.29 is 14.4 Å². The topological polar surface area (TPSA) is 96.3 Å². The molecule has 1 atom stereocenters. The Morgan fingerprint density at radius 1 is 1.28 bits per heavy atom. The van der Waals surface area contributed by atoms with Crippen molar-refractivity contribution in [3.05, 3.63) is 17.5 Å². The Labute approximate surface area is 172 Å². The lowest BCUT2D eigenvalue weighted by molar-refractivity contribution is -0.132. The summed E-state index contributed by atoms with van der Waals surface area (Å²) in [7, 11) is 1.63. The molecule has 0 unspecified atom stereocenters. The predicted octanol–water partition coefficient (Wildman–Crippen LogP) is 1.95. The number of carbonyl (C=O) groups excluding carboxylic acids is 3. The van der Waals surface area contributed by atoms with Crippen molar-refractivity contribution in [3.63, 3.8) is 0 Å². The average Bonchev–Trinajstić information content (AvgIpc) is 3.10. The molecule has 0 aromatic carbocycles. The molecule has 1 aliphatic carbocycles. The highest BCUT2D eigenvalue weighted by atomic mass is 16.2. The van der Waals surface area contributed by atoms with Crippen molar-refractivity contribution in [2.24, 2.45) is 5.92 Å². The fourth-order valence-corrected chi connectivity index (χ4v) is 4.01. The summed E-state index contributed by atoms with van der Waals surface area (Å²) in [5.74, 6) is -0.278. The van der Waals surface area contributed by atoms with Gasteiger partial charge >= 0.3 is 0 Å². The van der Waals surface area contributed by atoms with Crippen molar-refractivity contribution in [1.82, 2.24) is 25.3 Å². The zero-order valence-corrected chi connectivity index (χ0v) is 18.0. The minimum atomic E-state index is -1.05. The maximum atomic E-state index is 12.9. The van der Waals surface area contributed by atoms with E-state index in [9.17, 15) is 14.4 Å². The molecule has 29 heavy (non-hydrogen) atoms. The summed E-state index contributed by atoms with van der Waals surface area (Å²) < 4.78 is 1.50. The molecule has 2 aliphatic rings. The van der Waals surface area contributed by atoms with Gasteiger partial charge in [0, 0.05) is 25.7 Å². The van der Waals surface area contributed by atoms with Gasteiger partial charge in [-0.1, -0.05) is 33.1 Å². The minimum absolute atomic E-state index is 0.172. The zero-order valence-electron chi connectivity index (χ0n) is 18.0. The summed E-state index contributed by atoms with van der Waals surface area (Å²) in [4.78, 5) is 39.8. The average molecular weight is 404 g/mol. The Morgan fingerprint density at radius 2 is 1.97 bits per heavy atom. The Bertz CT molecular complexity index is 781. The first-order valence-electron chi connectivity index (χ1n) is 10.7. The third-order valence-electron chi connectivity index (χ3n) is 6.17. The number of nitrogens with zero attached hydrogens (tertiary/aromatic N) is 3. The van der Waals surface area contributed by atoms with Crippen LogP contribution in [0.3, 0.4) is 0 Å². The molecule has 0 radical (unpaired) electrons. The molecule has 1 aromatic heterocycles. The van der Waals surface area contributed by atoms with Gasteiger partial charge in [-0.15, -0.1) is 0 Å². The predicted molar refractivity (Wildman–Crippen MR) is 110 cm³/mol. The van der Waals surface area contributed by atoms with Gasteiger partial charge in [0.15, 0.2) is 5.69 Å². The van der Waals surface area contributed by atoms with Gasteiger partial charge in [-0.2, -0.15) is 5.10 Å². The van der Waals surface area contributed by atoms with E-state index in [0.29, 0.717) is 18.2 Å². The molecule has 1 aliphatic heterocycles. The van der Waals surface area contributed by atoms with Crippen LogP contribution >= 0.6 is 0 Å². The normalized spacial score (nSPS) is 22.5.